The Morgan fingerprint density at radius 1 is 1.25 bits per heavy atom. The zero-order chi connectivity index (χ0) is 14.6. The number of rotatable bonds is 5. The summed E-state index contributed by atoms with van der Waals surface area (Å²) in [4.78, 5) is 4.19. The lowest BCUT2D eigenvalue weighted by Crippen LogP contribution is -2.35. The molecule has 3 nitrogen and oxygen atoms in total. The third-order valence-electron chi connectivity index (χ3n) is 3.18. The molecule has 2 rings (SSSR count). The molecule has 108 valence electrons. The van der Waals surface area contributed by atoms with Crippen molar-refractivity contribution in [3.8, 4) is 0 Å². The second-order valence-electron chi connectivity index (χ2n) is 6.02. The van der Waals surface area contributed by atoms with Gasteiger partial charge >= 0.3 is 0 Å². The first kappa shape index (κ1) is 14.7. The van der Waals surface area contributed by atoms with Crippen LogP contribution in [0.5, 0.6) is 0 Å². The van der Waals surface area contributed by atoms with Gasteiger partial charge in [0.1, 0.15) is 5.82 Å². The van der Waals surface area contributed by atoms with E-state index in [-0.39, 0.29) is 11.4 Å². The molecular formula is C16H22FN3. The first-order valence-electron chi connectivity index (χ1n) is 6.93. The maximum Gasteiger partial charge on any atom is 0.126 e. The van der Waals surface area contributed by atoms with E-state index in [1.807, 2.05) is 18.3 Å². The largest absolute Gasteiger partial charge is 0.333 e. The molecule has 1 N–H and O–H groups in total. The van der Waals surface area contributed by atoms with Crippen molar-refractivity contribution < 1.29 is 4.39 Å². The summed E-state index contributed by atoms with van der Waals surface area (Å²) in [7, 11) is 0. The normalized spacial score (nSPS) is 11.8. The molecule has 1 aromatic carbocycles. The van der Waals surface area contributed by atoms with E-state index in [1.165, 1.54) is 6.07 Å². The lowest BCUT2D eigenvalue weighted by atomic mass is 10.1. The summed E-state index contributed by atoms with van der Waals surface area (Å²) >= 11 is 0. The third-order valence-corrected chi connectivity index (χ3v) is 3.18. The summed E-state index contributed by atoms with van der Waals surface area (Å²) in [5.74, 6) is -0.137. The maximum atomic E-state index is 13.6. The summed E-state index contributed by atoms with van der Waals surface area (Å²) < 4.78 is 15.7. The van der Waals surface area contributed by atoms with Gasteiger partial charge in [0.2, 0.25) is 0 Å². The van der Waals surface area contributed by atoms with Crippen LogP contribution in [0.15, 0.2) is 36.8 Å². The Kier molecular flexibility index (Phi) is 4.55. The average molecular weight is 275 g/mol. The zero-order valence-corrected chi connectivity index (χ0v) is 12.4. The monoisotopic (exact) mass is 275 g/mol. The molecule has 0 radical (unpaired) electrons. The topological polar surface area (TPSA) is 29.9 Å². The molecule has 2 aromatic rings. The number of benzene rings is 1. The average Bonchev–Trinajstić information content (AvgIpc) is 2.82. The summed E-state index contributed by atoms with van der Waals surface area (Å²) in [6.07, 6.45) is 4.34. The van der Waals surface area contributed by atoms with Gasteiger partial charge < -0.3 is 9.88 Å². The number of nitrogens with one attached hydrogen (secondary N) is 1. The standard InChI is InChI=1S/C16H22FN3/c1-16(2,3)19-11-14-10-18-12-20(14)9-8-13-6-4-5-7-15(13)17/h4-7,10,12,19H,8-9,11H2,1-3H3. The van der Waals surface area contributed by atoms with Crippen molar-refractivity contribution in [2.75, 3.05) is 0 Å². The van der Waals surface area contributed by atoms with Crippen LogP contribution in [0.1, 0.15) is 32.0 Å². The van der Waals surface area contributed by atoms with Crippen LogP contribution in [-0.2, 0) is 19.5 Å². The fourth-order valence-electron chi connectivity index (χ4n) is 1.99. The van der Waals surface area contributed by atoms with Gasteiger partial charge in [-0.15, -0.1) is 0 Å². The SMILES string of the molecule is CC(C)(C)NCc1cncn1CCc1ccccc1F. The van der Waals surface area contributed by atoms with Crippen LogP contribution in [0.3, 0.4) is 0 Å². The Morgan fingerprint density at radius 3 is 2.70 bits per heavy atom. The highest BCUT2D eigenvalue weighted by Gasteiger charge is 2.10. The number of imidazole rings is 1. The van der Waals surface area contributed by atoms with Crippen molar-refractivity contribution in [2.24, 2.45) is 0 Å². The number of hydrogen-bond acceptors (Lipinski definition) is 2. The molecule has 0 atom stereocenters. The predicted octanol–water partition coefficient (Wildman–Crippen LogP) is 3.15. The molecule has 0 unspecified atom stereocenters. The molecule has 0 amide bonds. The molecule has 4 heteroatoms. The summed E-state index contributed by atoms with van der Waals surface area (Å²) in [5.41, 5.74) is 1.94. The molecule has 0 aliphatic rings. The van der Waals surface area contributed by atoms with Crippen LogP contribution in [0.4, 0.5) is 4.39 Å². The Labute approximate surface area is 119 Å². The van der Waals surface area contributed by atoms with Crippen LogP contribution < -0.4 is 5.32 Å². The molecule has 0 fully saturated rings. The van der Waals surface area contributed by atoms with E-state index >= 15 is 0 Å². The minimum atomic E-state index is -0.137. The van der Waals surface area contributed by atoms with Gasteiger partial charge in [-0.2, -0.15) is 0 Å². The summed E-state index contributed by atoms with van der Waals surface area (Å²) in [5, 5.41) is 3.44. The molecule has 0 saturated carbocycles. The van der Waals surface area contributed by atoms with E-state index < -0.39 is 0 Å². The maximum absolute atomic E-state index is 13.6. The van der Waals surface area contributed by atoms with E-state index in [0.29, 0.717) is 6.42 Å². The van der Waals surface area contributed by atoms with Gasteiger partial charge in [-0.3, -0.25) is 0 Å². The van der Waals surface area contributed by atoms with E-state index in [1.54, 1.807) is 12.4 Å². The highest BCUT2D eigenvalue weighted by molar-refractivity contribution is 5.17. The molecular weight excluding hydrogens is 253 g/mol. The second kappa shape index (κ2) is 6.18. The molecule has 0 aliphatic heterocycles. The molecule has 1 heterocycles. The highest BCUT2D eigenvalue weighted by Crippen LogP contribution is 2.10. The lowest BCUT2D eigenvalue weighted by molar-refractivity contribution is 0.415. The van der Waals surface area contributed by atoms with Gasteiger partial charge in [0.25, 0.3) is 0 Å². The van der Waals surface area contributed by atoms with Gasteiger partial charge in [0, 0.05) is 24.8 Å². The Morgan fingerprint density at radius 2 is 2.00 bits per heavy atom. The van der Waals surface area contributed by atoms with Gasteiger partial charge in [-0.05, 0) is 38.8 Å². The minimum Gasteiger partial charge on any atom is -0.333 e. The first-order valence-corrected chi connectivity index (χ1v) is 6.93. The minimum absolute atomic E-state index is 0.0701. The van der Waals surface area contributed by atoms with E-state index in [4.69, 9.17) is 0 Å². The van der Waals surface area contributed by atoms with Gasteiger partial charge in [-0.25, -0.2) is 9.37 Å². The lowest BCUT2D eigenvalue weighted by Gasteiger charge is -2.21. The van der Waals surface area contributed by atoms with Crippen LogP contribution in [0, 0.1) is 5.82 Å². The van der Waals surface area contributed by atoms with Crippen LogP contribution in [-0.4, -0.2) is 15.1 Å². The van der Waals surface area contributed by atoms with Crippen molar-refractivity contribution >= 4 is 0 Å². The number of aryl methyl sites for hydroxylation is 2. The van der Waals surface area contributed by atoms with Crippen molar-refractivity contribution in [1.29, 1.82) is 0 Å². The Bertz CT molecular complexity index is 555. The number of aromatic nitrogens is 2. The van der Waals surface area contributed by atoms with Gasteiger partial charge in [0.15, 0.2) is 0 Å². The fourth-order valence-corrected chi connectivity index (χ4v) is 1.99. The van der Waals surface area contributed by atoms with Gasteiger partial charge in [0.05, 0.1) is 12.0 Å². The second-order valence-corrected chi connectivity index (χ2v) is 6.02. The Balaban J connectivity index is 1.97. The van der Waals surface area contributed by atoms with Crippen molar-refractivity contribution in [3.05, 3.63) is 53.9 Å². The van der Waals surface area contributed by atoms with Crippen molar-refractivity contribution in [3.63, 3.8) is 0 Å². The summed E-state index contributed by atoms with van der Waals surface area (Å²) in [6, 6.07) is 6.92. The molecule has 0 aliphatic carbocycles. The number of nitrogens with zero attached hydrogens (tertiary/aromatic N) is 2. The molecule has 20 heavy (non-hydrogen) atoms. The van der Waals surface area contributed by atoms with Crippen molar-refractivity contribution in [1.82, 2.24) is 14.9 Å². The van der Waals surface area contributed by atoms with E-state index in [9.17, 15) is 4.39 Å². The Hall–Kier alpha value is -1.68. The first-order chi connectivity index (χ1) is 9.46. The van der Waals surface area contributed by atoms with Gasteiger partial charge in [-0.1, -0.05) is 18.2 Å². The van der Waals surface area contributed by atoms with Crippen LogP contribution in [0.2, 0.25) is 0 Å². The van der Waals surface area contributed by atoms with Crippen LogP contribution >= 0.6 is 0 Å². The number of hydrogen-bond donors (Lipinski definition) is 1. The summed E-state index contributed by atoms with van der Waals surface area (Å²) in [6.45, 7) is 7.90. The molecule has 1 aromatic heterocycles. The molecule has 0 spiro atoms. The van der Waals surface area contributed by atoms with E-state index in [0.717, 1.165) is 24.3 Å². The zero-order valence-electron chi connectivity index (χ0n) is 12.4. The smallest absolute Gasteiger partial charge is 0.126 e. The predicted molar refractivity (Wildman–Crippen MR) is 78.9 cm³/mol. The molecule has 0 saturated heterocycles. The molecule has 0 bridgehead atoms. The fraction of sp³-hybridized carbons (Fsp3) is 0.438. The highest BCUT2D eigenvalue weighted by atomic mass is 19.1. The number of halogens is 1. The quantitative estimate of drug-likeness (QED) is 0.908. The third kappa shape index (κ3) is 4.17. The van der Waals surface area contributed by atoms with Crippen molar-refractivity contribution in [2.45, 2.75) is 45.8 Å². The van der Waals surface area contributed by atoms with Crippen LogP contribution in [0.25, 0.3) is 0 Å². The van der Waals surface area contributed by atoms with E-state index in [2.05, 4.69) is 35.6 Å².